The van der Waals surface area contributed by atoms with Crippen molar-refractivity contribution in [1.29, 1.82) is 0 Å². The van der Waals surface area contributed by atoms with Gasteiger partial charge in [0, 0.05) is 17.6 Å². The average Bonchev–Trinajstić information content (AvgIpc) is 2.83. The Balaban J connectivity index is 2.14. The number of ether oxygens (including phenoxy) is 1. The highest BCUT2D eigenvalue weighted by Crippen LogP contribution is 2.23. The standard InChI is InChI=1S/C14H17ClFNO3/c1-2-17(13-8-20-7-12(13)14(18)19)6-9-3-10(15)5-11(16)4-9/h3-5,12-13H,2,6-8H2,1H3,(H,18,19). The zero-order chi connectivity index (χ0) is 14.7. The summed E-state index contributed by atoms with van der Waals surface area (Å²) in [5.41, 5.74) is 0.730. The molecular formula is C14H17ClFNO3. The van der Waals surface area contributed by atoms with Crippen molar-refractivity contribution in [2.24, 2.45) is 5.92 Å². The van der Waals surface area contributed by atoms with Crippen molar-refractivity contribution in [3.8, 4) is 0 Å². The molecule has 1 fully saturated rings. The molecule has 0 aliphatic carbocycles. The molecular weight excluding hydrogens is 285 g/mol. The van der Waals surface area contributed by atoms with Gasteiger partial charge in [0.2, 0.25) is 0 Å². The Morgan fingerprint density at radius 2 is 2.25 bits per heavy atom. The van der Waals surface area contributed by atoms with Crippen molar-refractivity contribution in [3.05, 3.63) is 34.6 Å². The highest BCUT2D eigenvalue weighted by Gasteiger charge is 2.37. The van der Waals surface area contributed by atoms with Crippen molar-refractivity contribution in [2.45, 2.75) is 19.5 Å². The number of carboxylic acids is 1. The summed E-state index contributed by atoms with van der Waals surface area (Å²) < 4.78 is 18.6. The molecule has 2 unspecified atom stereocenters. The third-order valence-corrected chi connectivity index (χ3v) is 3.77. The highest BCUT2D eigenvalue weighted by molar-refractivity contribution is 6.30. The van der Waals surface area contributed by atoms with Crippen LogP contribution < -0.4 is 0 Å². The number of carbonyl (C=O) groups is 1. The molecule has 0 amide bonds. The summed E-state index contributed by atoms with van der Waals surface area (Å²) in [4.78, 5) is 13.2. The molecule has 0 saturated carbocycles. The summed E-state index contributed by atoms with van der Waals surface area (Å²) in [6.07, 6.45) is 0. The zero-order valence-electron chi connectivity index (χ0n) is 11.2. The average molecular weight is 302 g/mol. The van der Waals surface area contributed by atoms with Gasteiger partial charge in [0.1, 0.15) is 5.82 Å². The Morgan fingerprint density at radius 3 is 2.85 bits per heavy atom. The quantitative estimate of drug-likeness (QED) is 0.907. The van der Waals surface area contributed by atoms with Crippen LogP contribution in [0.3, 0.4) is 0 Å². The van der Waals surface area contributed by atoms with Crippen LogP contribution >= 0.6 is 11.6 Å². The molecule has 6 heteroatoms. The molecule has 0 radical (unpaired) electrons. The van der Waals surface area contributed by atoms with E-state index in [9.17, 15) is 14.3 Å². The van der Waals surface area contributed by atoms with Crippen LogP contribution in [-0.4, -0.2) is 41.8 Å². The van der Waals surface area contributed by atoms with Crippen molar-refractivity contribution >= 4 is 17.6 Å². The maximum atomic E-state index is 13.3. The van der Waals surface area contributed by atoms with Gasteiger partial charge in [0.15, 0.2) is 0 Å². The number of rotatable bonds is 5. The number of carboxylic acid groups (broad SMARTS) is 1. The lowest BCUT2D eigenvalue weighted by atomic mass is 10.0. The third kappa shape index (κ3) is 3.48. The second-order valence-corrected chi connectivity index (χ2v) is 5.33. The Labute approximate surface area is 122 Å². The van der Waals surface area contributed by atoms with Gasteiger partial charge in [-0.1, -0.05) is 18.5 Å². The van der Waals surface area contributed by atoms with E-state index >= 15 is 0 Å². The Kier molecular flexibility index (Phi) is 4.96. The van der Waals surface area contributed by atoms with Gasteiger partial charge in [-0.15, -0.1) is 0 Å². The maximum absolute atomic E-state index is 13.3. The van der Waals surface area contributed by atoms with Gasteiger partial charge in [-0.2, -0.15) is 0 Å². The van der Waals surface area contributed by atoms with Crippen LogP contribution in [0.15, 0.2) is 18.2 Å². The molecule has 1 aromatic rings. The molecule has 20 heavy (non-hydrogen) atoms. The van der Waals surface area contributed by atoms with E-state index in [2.05, 4.69) is 0 Å². The lowest BCUT2D eigenvalue weighted by Crippen LogP contribution is -2.42. The van der Waals surface area contributed by atoms with E-state index in [4.69, 9.17) is 16.3 Å². The van der Waals surface area contributed by atoms with E-state index in [1.54, 1.807) is 6.07 Å². The number of hydrogen-bond acceptors (Lipinski definition) is 3. The van der Waals surface area contributed by atoms with Crippen LogP contribution in [0.2, 0.25) is 5.02 Å². The molecule has 0 aromatic heterocycles. The first-order chi connectivity index (χ1) is 9.51. The SMILES string of the molecule is CCN(Cc1cc(F)cc(Cl)c1)C1COCC1C(=O)O. The second-order valence-electron chi connectivity index (χ2n) is 4.89. The Hall–Kier alpha value is -1.17. The van der Waals surface area contributed by atoms with Crippen LogP contribution in [0.1, 0.15) is 12.5 Å². The van der Waals surface area contributed by atoms with Gasteiger partial charge >= 0.3 is 5.97 Å². The minimum absolute atomic E-state index is 0.195. The summed E-state index contributed by atoms with van der Waals surface area (Å²) in [7, 11) is 0. The molecule has 0 spiro atoms. The van der Waals surface area contributed by atoms with Gasteiger partial charge in [-0.05, 0) is 30.3 Å². The van der Waals surface area contributed by atoms with Gasteiger partial charge in [0.05, 0.1) is 19.1 Å². The number of likely N-dealkylation sites (N-methyl/N-ethyl adjacent to an activating group) is 1. The molecule has 1 N–H and O–H groups in total. The number of benzene rings is 1. The molecule has 4 nitrogen and oxygen atoms in total. The fourth-order valence-electron chi connectivity index (χ4n) is 2.54. The van der Waals surface area contributed by atoms with Gasteiger partial charge < -0.3 is 9.84 Å². The van der Waals surface area contributed by atoms with Gasteiger partial charge in [-0.25, -0.2) is 4.39 Å². The minimum Gasteiger partial charge on any atom is -0.481 e. The van der Waals surface area contributed by atoms with Gasteiger partial charge in [-0.3, -0.25) is 9.69 Å². The minimum atomic E-state index is -0.858. The first kappa shape index (κ1) is 15.2. The number of aliphatic carboxylic acids is 1. The van der Waals surface area contributed by atoms with Crippen molar-refractivity contribution in [3.63, 3.8) is 0 Å². The maximum Gasteiger partial charge on any atom is 0.310 e. The number of hydrogen-bond donors (Lipinski definition) is 1. The number of nitrogens with zero attached hydrogens (tertiary/aromatic N) is 1. The summed E-state index contributed by atoms with van der Waals surface area (Å²) in [5.74, 6) is -1.79. The van der Waals surface area contributed by atoms with Crippen molar-refractivity contribution < 1.29 is 19.0 Å². The van der Waals surface area contributed by atoms with Crippen molar-refractivity contribution in [2.75, 3.05) is 19.8 Å². The molecule has 2 atom stereocenters. The molecule has 1 aliphatic heterocycles. The summed E-state index contributed by atoms with van der Waals surface area (Å²) >= 11 is 5.84. The molecule has 0 bridgehead atoms. The van der Waals surface area contributed by atoms with Crippen LogP contribution in [0.5, 0.6) is 0 Å². The van der Waals surface area contributed by atoms with Crippen molar-refractivity contribution in [1.82, 2.24) is 4.90 Å². The Bertz CT molecular complexity index is 477. The topological polar surface area (TPSA) is 49.8 Å². The Morgan fingerprint density at radius 1 is 1.50 bits per heavy atom. The fourth-order valence-corrected chi connectivity index (χ4v) is 2.78. The predicted molar refractivity (Wildman–Crippen MR) is 73.2 cm³/mol. The molecule has 1 saturated heterocycles. The van der Waals surface area contributed by atoms with E-state index in [0.29, 0.717) is 24.7 Å². The van der Waals surface area contributed by atoms with E-state index in [0.717, 1.165) is 5.56 Å². The van der Waals surface area contributed by atoms with E-state index in [1.165, 1.54) is 12.1 Å². The monoisotopic (exact) mass is 301 g/mol. The van der Waals surface area contributed by atoms with E-state index < -0.39 is 11.9 Å². The van der Waals surface area contributed by atoms with E-state index in [1.807, 2.05) is 11.8 Å². The fraction of sp³-hybridized carbons (Fsp3) is 0.500. The largest absolute Gasteiger partial charge is 0.481 e. The van der Waals surface area contributed by atoms with Gasteiger partial charge in [0.25, 0.3) is 0 Å². The molecule has 110 valence electrons. The highest BCUT2D eigenvalue weighted by atomic mass is 35.5. The molecule has 1 heterocycles. The van der Waals surface area contributed by atoms with E-state index in [-0.39, 0.29) is 18.5 Å². The normalized spacial score (nSPS) is 22.4. The van der Waals surface area contributed by atoms with Crippen LogP contribution in [0, 0.1) is 11.7 Å². The smallest absolute Gasteiger partial charge is 0.310 e. The van der Waals surface area contributed by atoms with Crippen LogP contribution in [-0.2, 0) is 16.1 Å². The van der Waals surface area contributed by atoms with Crippen LogP contribution in [0.4, 0.5) is 4.39 Å². The summed E-state index contributed by atoms with van der Waals surface area (Å²) in [6.45, 7) is 3.66. The lowest BCUT2D eigenvalue weighted by Gasteiger charge is -2.29. The third-order valence-electron chi connectivity index (χ3n) is 3.55. The summed E-state index contributed by atoms with van der Waals surface area (Å²) in [6, 6.07) is 4.17. The number of halogens is 2. The first-order valence-electron chi connectivity index (χ1n) is 6.50. The summed E-state index contributed by atoms with van der Waals surface area (Å²) in [5, 5.41) is 9.54. The zero-order valence-corrected chi connectivity index (χ0v) is 11.9. The first-order valence-corrected chi connectivity index (χ1v) is 6.88. The second kappa shape index (κ2) is 6.52. The lowest BCUT2D eigenvalue weighted by molar-refractivity contribution is -0.143. The molecule has 1 aliphatic rings. The molecule has 2 rings (SSSR count). The predicted octanol–water partition coefficient (Wildman–Crippen LogP) is 2.40. The molecule has 1 aromatic carbocycles. The van der Waals surface area contributed by atoms with Crippen LogP contribution in [0.25, 0.3) is 0 Å².